The van der Waals surface area contributed by atoms with Crippen molar-refractivity contribution >= 4 is 28.9 Å². The van der Waals surface area contributed by atoms with Crippen LogP contribution < -0.4 is 4.90 Å². The first-order valence-electron chi connectivity index (χ1n) is 6.05. The van der Waals surface area contributed by atoms with Crippen LogP contribution in [0.3, 0.4) is 0 Å². The molecule has 2 aromatic rings. The minimum absolute atomic E-state index is 0.0256. The van der Waals surface area contributed by atoms with Gasteiger partial charge in [-0.15, -0.1) is 0 Å². The highest BCUT2D eigenvalue weighted by Crippen LogP contribution is 2.21. The number of carbonyl (C=O) groups is 1. The molecule has 0 aliphatic carbocycles. The van der Waals surface area contributed by atoms with Gasteiger partial charge in [0.2, 0.25) is 0 Å². The van der Waals surface area contributed by atoms with E-state index < -0.39 is 4.92 Å². The Kier molecular flexibility index (Phi) is 4.18. The van der Waals surface area contributed by atoms with Crippen molar-refractivity contribution in [3.05, 3.63) is 62.9 Å². The number of nitro benzene ring substituents is 1. The predicted molar refractivity (Wildman–Crippen MR) is 79.8 cm³/mol. The fourth-order valence-electron chi connectivity index (χ4n) is 1.86. The topological polar surface area (TPSA) is 76.3 Å². The van der Waals surface area contributed by atoms with Gasteiger partial charge in [0.25, 0.3) is 11.6 Å². The number of nitrogens with zero attached hydrogens (tertiary/aromatic N) is 3. The largest absolute Gasteiger partial charge is 0.311 e. The number of non-ortho nitro benzene ring substituents is 1. The van der Waals surface area contributed by atoms with Crippen molar-refractivity contribution < 1.29 is 9.72 Å². The molecule has 0 spiro atoms. The van der Waals surface area contributed by atoms with Gasteiger partial charge in [-0.3, -0.25) is 14.9 Å². The molecule has 0 bridgehead atoms. The van der Waals surface area contributed by atoms with Gasteiger partial charge in [-0.2, -0.15) is 0 Å². The van der Waals surface area contributed by atoms with Crippen LogP contribution in [0.5, 0.6) is 0 Å². The Bertz CT molecular complexity index is 681. The van der Waals surface area contributed by atoms with Crippen LogP contribution in [0, 0.1) is 17.0 Å². The number of benzene rings is 1. The third kappa shape index (κ3) is 3.35. The fraction of sp³-hybridized carbons (Fsp3) is 0.143. The third-order valence-corrected chi connectivity index (χ3v) is 3.12. The molecule has 21 heavy (non-hydrogen) atoms. The fourth-order valence-corrected chi connectivity index (χ4v) is 2.11. The molecule has 0 unspecified atom stereocenters. The lowest BCUT2D eigenvalue weighted by Gasteiger charge is -2.17. The molecular weight excluding hydrogens is 294 g/mol. The molecule has 1 heterocycles. The zero-order valence-corrected chi connectivity index (χ0v) is 12.2. The van der Waals surface area contributed by atoms with E-state index in [9.17, 15) is 14.9 Å². The van der Waals surface area contributed by atoms with Crippen molar-refractivity contribution in [2.45, 2.75) is 6.92 Å². The summed E-state index contributed by atoms with van der Waals surface area (Å²) >= 11 is 5.84. The molecule has 0 atom stereocenters. The second-order valence-corrected chi connectivity index (χ2v) is 4.84. The molecule has 1 amide bonds. The molecular formula is C14H12ClN3O3. The highest BCUT2D eigenvalue weighted by atomic mass is 35.5. The van der Waals surface area contributed by atoms with E-state index in [4.69, 9.17) is 11.6 Å². The lowest BCUT2D eigenvalue weighted by atomic mass is 10.2. The van der Waals surface area contributed by atoms with E-state index in [0.717, 1.165) is 0 Å². The smallest absolute Gasteiger partial charge is 0.269 e. The van der Waals surface area contributed by atoms with E-state index in [-0.39, 0.29) is 16.7 Å². The van der Waals surface area contributed by atoms with E-state index in [1.165, 1.54) is 35.2 Å². The number of aryl methyl sites for hydroxylation is 1. The first-order valence-corrected chi connectivity index (χ1v) is 6.43. The van der Waals surface area contributed by atoms with Crippen molar-refractivity contribution in [3.63, 3.8) is 0 Å². The molecule has 0 saturated carbocycles. The molecule has 0 fully saturated rings. The average Bonchev–Trinajstić information content (AvgIpc) is 2.44. The van der Waals surface area contributed by atoms with Crippen LogP contribution in [0.4, 0.5) is 11.4 Å². The molecule has 1 aromatic carbocycles. The molecule has 0 N–H and O–H groups in total. The number of aromatic nitrogens is 1. The zero-order valence-electron chi connectivity index (χ0n) is 11.4. The Balaban J connectivity index is 2.28. The quantitative estimate of drug-likeness (QED) is 0.495. The first kappa shape index (κ1) is 14.9. The van der Waals surface area contributed by atoms with Gasteiger partial charge in [-0.25, -0.2) is 4.98 Å². The van der Waals surface area contributed by atoms with E-state index in [0.29, 0.717) is 16.9 Å². The van der Waals surface area contributed by atoms with Gasteiger partial charge in [-0.05, 0) is 31.2 Å². The van der Waals surface area contributed by atoms with Crippen LogP contribution in [-0.4, -0.2) is 22.9 Å². The minimum atomic E-state index is -0.488. The van der Waals surface area contributed by atoms with Crippen LogP contribution in [0.1, 0.15) is 16.1 Å². The lowest BCUT2D eigenvalue weighted by Crippen LogP contribution is -2.26. The van der Waals surface area contributed by atoms with Gasteiger partial charge in [0.1, 0.15) is 5.15 Å². The summed E-state index contributed by atoms with van der Waals surface area (Å²) in [4.78, 5) is 27.9. The maximum absolute atomic E-state index is 12.4. The van der Waals surface area contributed by atoms with Gasteiger partial charge in [0, 0.05) is 36.1 Å². The van der Waals surface area contributed by atoms with Crippen molar-refractivity contribution in [3.8, 4) is 0 Å². The zero-order chi connectivity index (χ0) is 15.6. The summed E-state index contributed by atoms with van der Waals surface area (Å²) in [7, 11) is 1.59. The molecule has 2 rings (SSSR count). The number of rotatable bonds is 3. The SMILES string of the molecule is Cc1cc(C(=O)N(C)c2ccc([N+](=O)[O-])cc2)cc(Cl)n1. The van der Waals surface area contributed by atoms with E-state index in [1.54, 1.807) is 20.0 Å². The monoisotopic (exact) mass is 305 g/mol. The number of halogens is 1. The average molecular weight is 306 g/mol. The van der Waals surface area contributed by atoms with Crippen LogP contribution in [-0.2, 0) is 0 Å². The molecule has 0 saturated heterocycles. The van der Waals surface area contributed by atoms with Gasteiger partial charge < -0.3 is 4.90 Å². The van der Waals surface area contributed by atoms with Crippen molar-refractivity contribution in [1.29, 1.82) is 0 Å². The summed E-state index contributed by atoms with van der Waals surface area (Å²) in [5.41, 5.74) is 1.58. The minimum Gasteiger partial charge on any atom is -0.311 e. The van der Waals surface area contributed by atoms with Gasteiger partial charge in [-0.1, -0.05) is 11.6 Å². The molecule has 0 radical (unpaired) electrons. The van der Waals surface area contributed by atoms with Crippen LogP contribution in [0.25, 0.3) is 0 Å². The number of pyridine rings is 1. The maximum Gasteiger partial charge on any atom is 0.269 e. The second kappa shape index (κ2) is 5.88. The van der Waals surface area contributed by atoms with E-state index >= 15 is 0 Å². The first-order chi connectivity index (χ1) is 9.88. The van der Waals surface area contributed by atoms with Gasteiger partial charge in [0.15, 0.2) is 0 Å². The molecule has 6 nitrogen and oxygen atoms in total. The number of carbonyl (C=O) groups excluding carboxylic acids is 1. The summed E-state index contributed by atoms with van der Waals surface area (Å²) in [5.74, 6) is -0.267. The summed E-state index contributed by atoms with van der Waals surface area (Å²) in [6.45, 7) is 1.74. The van der Waals surface area contributed by atoms with Crippen LogP contribution in [0.15, 0.2) is 36.4 Å². The third-order valence-electron chi connectivity index (χ3n) is 2.92. The Hall–Kier alpha value is -2.47. The molecule has 1 aromatic heterocycles. The highest BCUT2D eigenvalue weighted by molar-refractivity contribution is 6.29. The van der Waals surface area contributed by atoms with Gasteiger partial charge in [0.05, 0.1) is 4.92 Å². The Morgan fingerprint density at radius 3 is 2.43 bits per heavy atom. The highest BCUT2D eigenvalue weighted by Gasteiger charge is 2.16. The molecule has 7 heteroatoms. The summed E-state index contributed by atoms with van der Waals surface area (Å²) in [6.07, 6.45) is 0. The summed E-state index contributed by atoms with van der Waals surface area (Å²) in [6, 6.07) is 8.86. The number of nitro groups is 1. The number of hydrogen-bond acceptors (Lipinski definition) is 4. The Labute approximate surface area is 126 Å². The van der Waals surface area contributed by atoms with Crippen molar-refractivity contribution in [2.75, 3.05) is 11.9 Å². The second-order valence-electron chi connectivity index (χ2n) is 4.46. The standard InChI is InChI=1S/C14H12ClN3O3/c1-9-7-10(8-13(15)16-9)14(19)17(2)11-3-5-12(6-4-11)18(20)21/h3-8H,1-2H3. The maximum atomic E-state index is 12.4. The van der Waals surface area contributed by atoms with Crippen molar-refractivity contribution in [1.82, 2.24) is 4.98 Å². The van der Waals surface area contributed by atoms with Crippen LogP contribution in [0.2, 0.25) is 5.15 Å². The summed E-state index contributed by atoms with van der Waals surface area (Å²) < 4.78 is 0. The Morgan fingerprint density at radius 1 is 1.29 bits per heavy atom. The molecule has 108 valence electrons. The Morgan fingerprint density at radius 2 is 1.90 bits per heavy atom. The van der Waals surface area contributed by atoms with E-state index in [1.807, 2.05) is 0 Å². The predicted octanol–water partition coefficient (Wildman–Crippen LogP) is 3.23. The molecule has 0 aliphatic heterocycles. The summed E-state index contributed by atoms with van der Waals surface area (Å²) in [5, 5.41) is 10.9. The number of anilines is 1. The number of hydrogen-bond donors (Lipinski definition) is 0. The molecule has 0 aliphatic rings. The van der Waals surface area contributed by atoms with Crippen LogP contribution >= 0.6 is 11.6 Å². The van der Waals surface area contributed by atoms with E-state index in [2.05, 4.69) is 4.98 Å². The lowest BCUT2D eigenvalue weighted by molar-refractivity contribution is -0.384. The van der Waals surface area contributed by atoms with Crippen molar-refractivity contribution in [2.24, 2.45) is 0 Å². The van der Waals surface area contributed by atoms with Gasteiger partial charge >= 0.3 is 0 Å². The number of amides is 1. The normalized spacial score (nSPS) is 10.2.